The molecule has 0 radical (unpaired) electrons. The third-order valence-electron chi connectivity index (χ3n) is 2.28. The quantitative estimate of drug-likeness (QED) is 0.479. The van der Waals surface area contributed by atoms with Crippen LogP contribution in [0.1, 0.15) is 28.1 Å². The van der Waals surface area contributed by atoms with Crippen molar-refractivity contribution in [3.63, 3.8) is 0 Å². The molecule has 3 heteroatoms. The van der Waals surface area contributed by atoms with Gasteiger partial charge in [-0.15, -0.1) is 0 Å². The molecule has 0 saturated carbocycles. The Balaban J connectivity index is 0.00000144. The Morgan fingerprint density at radius 2 is 0.889 bits per heavy atom. The molecule has 0 aliphatic carbocycles. The molecule has 2 nitrogen and oxygen atoms in total. The first-order valence-electron chi connectivity index (χ1n) is 4.98. The summed E-state index contributed by atoms with van der Waals surface area (Å²) in [4.78, 5) is 23.6. The predicted octanol–water partition coefficient (Wildman–Crippen LogP) is 2.20. The zero-order valence-corrected chi connectivity index (χ0v) is 8.59. The van der Waals surface area contributed by atoms with E-state index in [2.05, 4.69) is 0 Å². The number of carbonyl (C=O) groups is 2. The molecule has 0 N–H and O–H groups in total. The van der Waals surface area contributed by atoms with Crippen LogP contribution in [0.4, 0.5) is 0 Å². The third-order valence-corrected chi connectivity index (χ3v) is 2.28. The number of Topliss-reactive ketones (excluding diaryl/α,β-unsaturated/α-hetero) is 2. The second kappa shape index (κ2) is 7.60. The molecule has 0 aliphatic rings. The lowest BCUT2D eigenvalue weighted by atomic mass is 10.0. The number of carbonyl (C=O) groups excluding carboxylic acids is 2. The topological polar surface area (TPSA) is 34.1 Å². The van der Waals surface area contributed by atoms with Gasteiger partial charge in [-0.2, -0.15) is 0 Å². The van der Waals surface area contributed by atoms with Crippen LogP contribution in [0, 0.1) is 0 Å². The zero-order chi connectivity index (χ0) is 11.4. The first-order chi connectivity index (χ1) is 7.79. The molecule has 2 aromatic carbocycles. The maximum absolute atomic E-state index is 11.8. The van der Waals surface area contributed by atoms with Crippen molar-refractivity contribution >= 4 is 28.9 Å². The van der Waals surface area contributed by atoms with Crippen LogP contribution < -0.4 is 0 Å². The first-order valence-corrected chi connectivity index (χ1v) is 4.98. The van der Waals surface area contributed by atoms with E-state index in [0.29, 0.717) is 11.1 Å². The molecule has 0 unspecified atom stereocenters. The van der Waals surface area contributed by atoms with E-state index in [1.54, 1.807) is 48.5 Å². The highest BCUT2D eigenvalue weighted by Crippen LogP contribution is 2.07. The fourth-order valence-corrected chi connectivity index (χ4v) is 1.44. The minimum absolute atomic E-state index is 0. The van der Waals surface area contributed by atoms with Gasteiger partial charge >= 0.3 is 0 Å². The Bertz CT molecular complexity index is 457. The lowest BCUT2D eigenvalue weighted by Crippen LogP contribution is -2.14. The predicted molar refractivity (Wildman–Crippen MR) is 78.2 cm³/mol. The second-order valence-electron chi connectivity index (χ2n) is 3.39. The molecule has 2 rings (SSSR count). The van der Waals surface area contributed by atoms with E-state index < -0.39 is 11.6 Å². The summed E-state index contributed by atoms with van der Waals surface area (Å²) >= 11 is 0. The number of ketones is 2. The average Bonchev–Trinajstić information content (AvgIpc) is 2.39. The van der Waals surface area contributed by atoms with Crippen LogP contribution in [0.5, 0.6) is 0 Å². The zero-order valence-electron chi connectivity index (χ0n) is 8.59. The molecule has 0 heterocycles. The highest BCUT2D eigenvalue weighted by atomic mass is 27.0. The van der Waals surface area contributed by atoms with Gasteiger partial charge in [-0.25, -0.2) is 0 Å². The summed E-state index contributed by atoms with van der Waals surface area (Å²) in [5.41, 5.74) is 0.854. The largest absolute Gasteiger partial charge is 0.285 e. The van der Waals surface area contributed by atoms with Crippen LogP contribution in [0.25, 0.3) is 0 Å². The van der Waals surface area contributed by atoms with Crippen LogP contribution in [-0.2, 0) is 0 Å². The molecule has 0 aromatic heterocycles. The Kier molecular flexibility index (Phi) is 6.89. The molecule has 0 fully saturated rings. The third kappa shape index (κ3) is 3.66. The van der Waals surface area contributed by atoms with E-state index in [-0.39, 0.29) is 24.8 Å². The molecule has 0 saturated heterocycles. The van der Waals surface area contributed by atoms with Crippen LogP contribution >= 0.6 is 0 Å². The van der Waals surface area contributed by atoms with E-state index in [9.17, 15) is 9.59 Å². The Morgan fingerprint density at radius 3 is 1.17 bits per heavy atom. The number of rotatable bonds is 3. The second-order valence-corrected chi connectivity index (χ2v) is 3.39. The minimum atomic E-state index is -0.466. The summed E-state index contributed by atoms with van der Waals surface area (Å²) in [6.45, 7) is 0. The molecule has 0 spiro atoms. The standard InChI is InChI=1S/C14H10O2.CH4.Al.3H/c15-13(11-7-3-1-4-8-11)14(16)12-9-5-2-6-10-12;;;;;/h1-10H;1H4;;;;. The Hall–Kier alpha value is -1.69. The maximum Gasteiger partial charge on any atom is 0.233 e. The maximum atomic E-state index is 11.8. The van der Waals surface area contributed by atoms with E-state index >= 15 is 0 Å². The normalized spacial score (nSPS) is 8.67. The van der Waals surface area contributed by atoms with Gasteiger partial charge in [0.15, 0.2) is 17.4 Å². The van der Waals surface area contributed by atoms with Crippen molar-refractivity contribution in [1.29, 1.82) is 0 Å². The first kappa shape index (κ1) is 16.3. The fourth-order valence-electron chi connectivity index (χ4n) is 1.44. The van der Waals surface area contributed by atoms with Crippen LogP contribution in [0.15, 0.2) is 60.7 Å². The van der Waals surface area contributed by atoms with Gasteiger partial charge < -0.3 is 0 Å². The smallest absolute Gasteiger partial charge is 0.233 e. The molecule has 0 amide bonds. The average molecular weight is 256 g/mol. The fraction of sp³-hybridized carbons (Fsp3) is 0.0667. The molecule has 0 bridgehead atoms. The molecule has 0 atom stereocenters. The van der Waals surface area contributed by atoms with Gasteiger partial charge in [-0.05, 0) is 0 Å². The van der Waals surface area contributed by atoms with Gasteiger partial charge in [0.1, 0.15) is 0 Å². The van der Waals surface area contributed by atoms with Crippen LogP contribution in [-0.4, -0.2) is 28.9 Å². The highest BCUT2D eigenvalue weighted by Gasteiger charge is 2.16. The lowest BCUT2D eigenvalue weighted by molar-refractivity contribution is 0.0817. The monoisotopic (exact) mass is 256 g/mol. The van der Waals surface area contributed by atoms with Crippen molar-refractivity contribution in [1.82, 2.24) is 0 Å². The molecule has 92 valence electrons. The van der Waals surface area contributed by atoms with Crippen molar-refractivity contribution in [2.75, 3.05) is 0 Å². The Morgan fingerprint density at radius 1 is 0.611 bits per heavy atom. The van der Waals surface area contributed by atoms with Crippen molar-refractivity contribution in [3.8, 4) is 0 Å². The summed E-state index contributed by atoms with van der Waals surface area (Å²) in [5, 5.41) is 0. The minimum Gasteiger partial charge on any atom is -0.285 e. The molecular weight excluding hydrogens is 239 g/mol. The Labute approximate surface area is 118 Å². The van der Waals surface area contributed by atoms with Crippen LogP contribution in [0.2, 0.25) is 0 Å². The molecule has 2 aromatic rings. The number of hydrogen-bond donors (Lipinski definition) is 0. The summed E-state index contributed by atoms with van der Waals surface area (Å²) < 4.78 is 0. The highest BCUT2D eigenvalue weighted by molar-refractivity contribution is 6.49. The van der Waals surface area contributed by atoms with Gasteiger partial charge in [0.2, 0.25) is 11.6 Å². The van der Waals surface area contributed by atoms with Crippen molar-refractivity contribution in [3.05, 3.63) is 71.8 Å². The van der Waals surface area contributed by atoms with E-state index in [0.717, 1.165) is 0 Å². The van der Waals surface area contributed by atoms with Gasteiger partial charge in [0, 0.05) is 11.1 Å². The molecule has 18 heavy (non-hydrogen) atoms. The van der Waals surface area contributed by atoms with Crippen molar-refractivity contribution in [2.45, 2.75) is 7.43 Å². The van der Waals surface area contributed by atoms with Crippen molar-refractivity contribution in [2.24, 2.45) is 0 Å². The summed E-state index contributed by atoms with van der Waals surface area (Å²) in [5.74, 6) is -0.932. The summed E-state index contributed by atoms with van der Waals surface area (Å²) in [6.07, 6.45) is 0. The summed E-state index contributed by atoms with van der Waals surface area (Å²) in [6, 6.07) is 17.2. The molecule has 0 aliphatic heterocycles. The lowest BCUT2D eigenvalue weighted by Gasteiger charge is -1.99. The van der Waals surface area contributed by atoms with E-state index in [4.69, 9.17) is 0 Å². The van der Waals surface area contributed by atoms with Gasteiger partial charge in [-0.3, -0.25) is 9.59 Å². The van der Waals surface area contributed by atoms with Gasteiger partial charge in [0.25, 0.3) is 0 Å². The SMILES string of the molecule is C.O=C(C(=O)c1ccccc1)c1ccccc1.[AlH3]. The van der Waals surface area contributed by atoms with Crippen LogP contribution in [0.3, 0.4) is 0 Å². The van der Waals surface area contributed by atoms with Gasteiger partial charge in [0.05, 0.1) is 0 Å². The number of hydrogen-bond acceptors (Lipinski definition) is 2. The van der Waals surface area contributed by atoms with Gasteiger partial charge in [-0.1, -0.05) is 68.1 Å². The number of benzene rings is 2. The van der Waals surface area contributed by atoms with E-state index in [1.165, 1.54) is 0 Å². The van der Waals surface area contributed by atoms with E-state index in [1.807, 2.05) is 12.1 Å². The van der Waals surface area contributed by atoms with Crippen molar-refractivity contribution < 1.29 is 9.59 Å². The molecular formula is C15H17AlO2. The summed E-state index contributed by atoms with van der Waals surface area (Å²) in [7, 11) is 0.